The van der Waals surface area contributed by atoms with Crippen molar-refractivity contribution in [1.29, 1.82) is 0 Å². The highest BCUT2D eigenvalue weighted by atomic mass is 19.4. The average Bonchev–Trinajstić information content (AvgIpc) is 3.49. The molecule has 0 saturated carbocycles. The first-order chi connectivity index (χ1) is 17.7. The third kappa shape index (κ3) is 4.93. The molecular formula is C27H31F3N6O. The Morgan fingerprint density at radius 3 is 2.70 bits per heavy atom. The fraction of sp³-hybridized carbons (Fsp3) is 0.481. The molecule has 3 aromatic rings. The molecule has 37 heavy (non-hydrogen) atoms. The second-order valence-electron chi connectivity index (χ2n) is 10.1. The monoisotopic (exact) mass is 512 g/mol. The lowest BCUT2D eigenvalue weighted by molar-refractivity contribution is -0.138. The van der Waals surface area contributed by atoms with Gasteiger partial charge in [-0.15, -0.1) is 0 Å². The summed E-state index contributed by atoms with van der Waals surface area (Å²) in [6.45, 7) is 5.72. The number of carbonyl (C=O) groups excluding carboxylic acids is 1. The summed E-state index contributed by atoms with van der Waals surface area (Å²) >= 11 is 0. The highest BCUT2D eigenvalue weighted by Crippen LogP contribution is 2.37. The average molecular weight is 513 g/mol. The Kier molecular flexibility index (Phi) is 6.68. The molecule has 5 rings (SSSR count). The number of hydrogen-bond donors (Lipinski definition) is 0. The Balaban J connectivity index is 1.47. The summed E-state index contributed by atoms with van der Waals surface area (Å²) in [7, 11) is 1.79. The van der Waals surface area contributed by atoms with Gasteiger partial charge in [0.2, 0.25) is 0 Å². The minimum atomic E-state index is -4.61. The number of anilines is 1. The summed E-state index contributed by atoms with van der Waals surface area (Å²) in [5.41, 5.74) is 1.55. The smallest absolute Gasteiger partial charge is 0.356 e. The van der Waals surface area contributed by atoms with Crippen LogP contribution in [0.1, 0.15) is 64.5 Å². The molecule has 0 unspecified atom stereocenters. The van der Waals surface area contributed by atoms with Crippen LogP contribution < -0.4 is 4.90 Å². The van der Waals surface area contributed by atoms with Gasteiger partial charge in [-0.2, -0.15) is 18.3 Å². The van der Waals surface area contributed by atoms with Crippen molar-refractivity contribution >= 4 is 23.6 Å². The van der Waals surface area contributed by atoms with E-state index < -0.39 is 23.7 Å². The number of benzene rings is 1. The molecule has 2 aromatic heterocycles. The van der Waals surface area contributed by atoms with Gasteiger partial charge in [-0.05, 0) is 51.7 Å². The molecule has 4 heterocycles. The highest BCUT2D eigenvalue weighted by molar-refractivity contribution is 5.96. The van der Waals surface area contributed by atoms with Crippen molar-refractivity contribution in [2.45, 2.75) is 51.7 Å². The predicted molar refractivity (Wildman–Crippen MR) is 136 cm³/mol. The van der Waals surface area contributed by atoms with Crippen LogP contribution in [-0.4, -0.2) is 58.3 Å². The van der Waals surface area contributed by atoms with Crippen molar-refractivity contribution in [3.8, 4) is 0 Å². The van der Waals surface area contributed by atoms with E-state index in [1.165, 1.54) is 6.07 Å². The molecule has 2 aliphatic heterocycles. The molecule has 2 fully saturated rings. The van der Waals surface area contributed by atoms with E-state index in [0.717, 1.165) is 49.8 Å². The van der Waals surface area contributed by atoms with Crippen LogP contribution in [0.15, 0.2) is 35.5 Å². The van der Waals surface area contributed by atoms with E-state index in [2.05, 4.69) is 9.89 Å². The van der Waals surface area contributed by atoms with E-state index in [4.69, 9.17) is 10.1 Å². The lowest BCUT2D eigenvalue weighted by Gasteiger charge is -2.35. The van der Waals surface area contributed by atoms with Crippen LogP contribution in [0.3, 0.4) is 0 Å². The van der Waals surface area contributed by atoms with Crippen LogP contribution in [0.4, 0.5) is 19.0 Å². The number of likely N-dealkylation sites (tertiary alicyclic amines) is 1. The van der Waals surface area contributed by atoms with Crippen molar-refractivity contribution < 1.29 is 18.0 Å². The Hall–Kier alpha value is -3.43. The van der Waals surface area contributed by atoms with Crippen LogP contribution in [0.5, 0.6) is 0 Å². The number of aliphatic imine (C=N–C) groups is 1. The number of nitrogens with zero attached hydrogens (tertiary/aromatic N) is 6. The predicted octanol–water partition coefficient (Wildman–Crippen LogP) is 5.26. The standard InChI is InChI=1S/C27H31F3N6O/c1-17-7-8-20(21(12-17)27(28,29)30)26(37)35-10-5-4-6-23(35)22-13-24-32-25(18(2)15-36(24)33-22)34-11-9-19(16-34)14-31-3/h7-8,12-15,19,23H,4-6,9-11,16H2,1-3H3/t19-,23+/m1/s1. The van der Waals surface area contributed by atoms with Gasteiger partial charge in [-0.1, -0.05) is 11.6 Å². The molecule has 0 spiro atoms. The molecule has 0 aliphatic carbocycles. The number of fused-ring (bicyclic) bond motifs is 1. The van der Waals surface area contributed by atoms with Crippen LogP contribution in [0.2, 0.25) is 0 Å². The normalized spacial score (nSPS) is 20.9. The number of hydrogen-bond acceptors (Lipinski definition) is 5. The first kappa shape index (κ1) is 25.2. The molecule has 0 radical (unpaired) electrons. The number of piperidine rings is 1. The SMILES string of the molecule is CN=C[C@H]1CCN(c2nc3cc([C@@H]4CCCCN4C(=O)c4ccc(C)cc4C(F)(F)F)nn3cc2C)C1. The fourth-order valence-corrected chi connectivity index (χ4v) is 5.53. The Bertz CT molecular complexity index is 1350. The van der Waals surface area contributed by atoms with Gasteiger partial charge >= 0.3 is 6.18 Å². The summed E-state index contributed by atoms with van der Waals surface area (Å²) in [5, 5.41) is 4.72. The number of halogens is 3. The molecule has 10 heteroatoms. The molecule has 0 bridgehead atoms. The number of carbonyl (C=O) groups is 1. The maximum Gasteiger partial charge on any atom is 0.417 e. The van der Waals surface area contributed by atoms with Crippen molar-refractivity contribution in [2.24, 2.45) is 10.9 Å². The number of aryl methyl sites for hydroxylation is 2. The highest BCUT2D eigenvalue weighted by Gasteiger charge is 2.38. The van der Waals surface area contributed by atoms with E-state index >= 15 is 0 Å². The molecule has 2 atom stereocenters. The number of rotatable bonds is 4. The first-order valence-corrected chi connectivity index (χ1v) is 12.7. The van der Waals surface area contributed by atoms with Crippen LogP contribution in [0, 0.1) is 19.8 Å². The van der Waals surface area contributed by atoms with Gasteiger partial charge in [0.25, 0.3) is 5.91 Å². The van der Waals surface area contributed by atoms with Crippen LogP contribution in [0.25, 0.3) is 5.65 Å². The van der Waals surface area contributed by atoms with Crippen molar-refractivity contribution in [2.75, 3.05) is 31.6 Å². The van der Waals surface area contributed by atoms with Crippen molar-refractivity contribution in [3.05, 3.63) is 58.4 Å². The van der Waals surface area contributed by atoms with Gasteiger partial charge in [0.1, 0.15) is 5.82 Å². The van der Waals surface area contributed by atoms with E-state index in [9.17, 15) is 18.0 Å². The summed E-state index contributed by atoms with van der Waals surface area (Å²) < 4.78 is 43.0. The van der Waals surface area contributed by atoms with Crippen molar-refractivity contribution in [3.63, 3.8) is 0 Å². The number of aromatic nitrogens is 3. The summed E-state index contributed by atoms with van der Waals surface area (Å²) in [4.78, 5) is 26.3. The van der Waals surface area contributed by atoms with E-state index in [0.29, 0.717) is 35.8 Å². The maximum atomic E-state index is 13.8. The van der Waals surface area contributed by atoms with Gasteiger partial charge < -0.3 is 14.8 Å². The Morgan fingerprint density at radius 1 is 1.14 bits per heavy atom. The van der Waals surface area contributed by atoms with Gasteiger partial charge in [0.15, 0.2) is 5.65 Å². The molecule has 1 aromatic carbocycles. The molecule has 1 amide bonds. The van der Waals surface area contributed by atoms with E-state index in [1.54, 1.807) is 29.5 Å². The van der Waals surface area contributed by atoms with Gasteiger partial charge in [-0.25, -0.2) is 9.50 Å². The van der Waals surface area contributed by atoms with Gasteiger partial charge in [-0.3, -0.25) is 4.79 Å². The number of amides is 1. The Morgan fingerprint density at radius 2 is 1.95 bits per heavy atom. The fourth-order valence-electron chi connectivity index (χ4n) is 5.53. The molecule has 7 nitrogen and oxygen atoms in total. The minimum absolute atomic E-state index is 0.316. The molecular weight excluding hydrogens is 481 g/mol. The van der Waals surface area contributed by atoms with Crippen molar-refractivity contribution in [1.82, 2.24) is 19.5 Å². The van der Waals surface area contributed by atoms with Gasteiger partial charge in [0.05, 0.1) is 22.9 Å². The summed E-state index contributed by atoms with van der Waals surface area (Å²) in [6, 6.07) is 5.34. The first-order valence-electron chi connectivity index (χ1n) is 12.7. The third-order valence-corrected chi connectivity index (χ3v) is 7.32. The zero-order chi connectivity index (χ0) is 26.3. The molecule has 2 aliphatic rings. The minimum Gasteiger partial charge on any atom is -0.356 e. The zero-order valence-corrected chi connectivity index (χ0v) is 21.3. The lowest BCUT2D eigenvalue weighted by atomic mass is 9.96. The molecule has 2 saturated heterocycles. The second-order valence-corrected chi connectivity index (χ2v) is 10.1. The maximum absolute atomic E-state index is 13.8. The van der Waals surface area contributed by atoms with Gasteiger partial charge in [0, 0.05) is 56.6 Å². The zero-order valence-electron chi connectivity index (χ0n) is 21.3. The Labute approximate surface area is 214 Å². The van der Waals surface area contributed by atoms with E-state index in [1.807, 2.05) is 25.4 Å². The van der Waals surface area contributed by atoms with Crippen LogP contribution >= 0.6 is 0 Å². The quantitative estimate of drug-likeness (QED) is 0.448. The topological polar surface area (TPSA) is 66.1 Å². The second kappa shape index (κ2) is 9.79. The summed E-state index contributed by atoms with van der Waals surface area (Å²) in [5.74, 6) is 0.685. The number of alkyl halides is 3. The lowest BCUT2D eigenvalue weighted by Crippen LogP contribution is -2.39. The van der Waals surface area contributed by atoms with E-state index in [-0.39, 0.29) is 5.56 Å². The third-order valence-electron chi connectivity index (χ3n) is 7.32. The molecule has 0 N–H and O–H groups in total. The largest absolute Gasteiger partial charge is 0.417 e. The molecule has 196 valence electrons. The summed E-state index contributed by atoms with van der Waals surface area (Å²) in [6.07, 6.45) is 2.57. The van der Waals surface area contributed by atoms with Crippen LogP contribution in [-0.2, 0) is 6.18 Å².